The van der Waals surface area contributed by atoms with Crippen LogP contribution < -0.4 is 5.32 Å². The molecule has 1 heterocycles. The largest absolute Gasteiger partial charge is 0.481 e. The summed E-state index contributed by atoms with van der Waals surface area (Å²) in [7, 11) is 0. The molecule has 0 aliphatic carbocycles. The lowest BCUT2D eigenvalue weighted by molar-refractivity contribution is -0.147. The standard InChI is InChI=1S/C12H13NO7.C10H8/c1-7(14)20-6-10(15)9(4-11(16)17)13-12(18)8-2-3-19-5-8;1-2-6-10-8-4-3-7-9(10)5-1/h2-3,5,9H,4,6H2,1H3,(H,13,18)(H,16,17);1-8H. The summed E-state index contributed by atoms with van der Waals surface area (Å²) in [6.45, 7) is 0.516. The number of carbonyl (C=O) groups is 4. The number of furan rings is 1. The first-order valence-electron chi connectivity index (χ1n) is 9.01. The molecule has 0 bridgehead atoms. The third-order valence-corrected chi connectivity index (χ3v) is 3.93. The fourth-order valence-corrected chi connectivity index (χ4v) is 2.46. The lowest BCUT2D eigenvalue weighted by Gasteiger charge is -2.15. The quantitative estimate of drug-likeness (QED) is 0.573. The van der Waals surface area contributed by atoms with Crippen molar-refractivity contribution < 1.29 is 33.4 Å². The van der Waals surface area contributed by atoms with Crippen molar-refractivity contribution in [2.75, 3.05) is 6.61 Å². The molecule has 30 heavy (non-hydrogen) atoms. The zero-order valence-corrected chi connectivity index (χ0v) is 16.2. The van der Waals surface area contributed by atoms with Gasteiger partial charge in [-0.3, -0.25) is 19.2 Å². The van der Waals surface area contributed by atoms with E-state index < -0.39 is 42.7 Å². The van der Waals surface area contributed by atoms with Crippen LogP contribution in [-0.4, -0.2) is 41.4 Å². The van der Waals surface area contributed by atoms with E-state index in [9.17, 15) is 19.2 Å². The van der Waals surface area contributed by atoms with Crippen LogP contribution >= 0.6 is 0 Å². The number of carbonyl (C=O) groups excluding carboxylic acids is 3. The van der Waals surface area contributed by atoms with Gasteiger partial charge in [-0.1, -0.05) is 48.5 Å². The highest BCUT2D eigenvalue weighted by Crippen LogP contribution is 2.11. The Balaban J connectivity index is 0.000000263. The molecule has 1 atom stereocenters. The van der Waals surface area contributed by atoms with Gasteiger partial charge in [-0.25, -0.2) is 0 Å². The van der Waals surface area contributed by atoms with E-state index in [1.807, 2.05) is 0 Å². The molecule has 0 aliphatic rings. The number of rotatable bonds is 7. The minimum atomic E-state index is -1.28. The van der Waals surface area contributed by atoms with Crippen LogP contribution in [0.4, 0.5) is 0 Å². The highest BCUT2D eigenvalue weighted by atomic mass is 16.5. The average Bonchev–Trinajstić information content (AvgIpc) is 3.27. The molecule has 0 saturated heterocycles. The van der Waals surface area contributed by atoms with Crippen LogP contribution in [0.5, 0.6) is 0 Å². The number of amides is 1. The van der Waals surface area contributed by atoms with Gasteiger partial charge in [-0.2, -0.15) is 0 Å². The second-order valence-corrected chi connectivity index (χ2v) is 6.23. The average molecular weight is 411 g/mol. The molecule has 3 rings (SSSR count). The Labute approximate surface area is 172 Å². The van der Waals surface area contributed by atoms with Crippen molar-refractivity contribution in [3.8, 4) is 0 Å². The number of fused-ring (bicyclic) bond motifs is 1. The Bertz CT molecular complexity index is 946. The van der Waals surface area contributed by atoms with Crippen LogP contribution in [0.3, 0.4) is 0 Å². The van der Waals surface area contributed by atoms with Gasteiger partial charge in [-0.05, 0) is 16.8 Å². The van der Waals surface area contributed by atoms with Crippen molar-refractivity contribution >= 4 is 34.4 Å². The van der Waals surface area contributed by atoms with Gasteiger partial charge in [0.15, 0.2) is 12.4 Å². The van der Waals surface area contributed by atoms with Gasteiger partial charge < -0.3 is 19.6 Å². The van der Waals surface area contributed by atoms with Crippen molar-refractivity contribution in [2.24, 2.45) is 0 Å². The summed E-state index contributed by atoms with van der Waals surface area (Å²) in [5, 5.41) is 13.6. The molecular weight excluding hydrogens is 390 g/mol. The number of nitrogens with one attached hydrogen (secondary N) is 1. The van der Waals surface area contributed by atoms with Crippen molar-refractivity contribution in [3.63, 3.8) is 0 Å². The first-order valence-corrected chi connectivity index (χ1v) is 9.01. The van der Waals surface area contributed by atoms with E-state index in [1.54, 1.807) is 0 Å². The summed E-state index contributed by atoms with van der Waals surface area (Å²) in [5.41, 5.74) is 0.153. The highest BCUT2D eigenvalue weighted by molar-refractivity contribution is 5.99. The normalized spacial score (nSPS) is 11.0. The van der Waals surface area contributed by atoms with Gasteiger partial charge >= 0.3 is 11.9 Å². The van der Waals surface area contributed by atoms with Crippen molar-refractivity contribution in [1.29, 1.82) is 0 Å². The van der Waals surface area contributed by atoms with Gasteiger partial charge in [0.2, 0.25) is 0 Å². The zero-order valence-electron chi connectivity index (χ0n) is 16.2. The second kappa shape index (κ2) is 11.2. The van der Waals surface area contributed by atoms with E-state index in [4.69, 9.17) is 9.52 Å². The summed E-state index contributed by atoms with van der Waals surface area (Å²) >= 11 is 0. The Morgan fingerprint density at radius 2 is 1.57 bits per heavy atom. The first-order chi connectivity index (χ1) is 14.4. The van der Waals surface area contributed by atoms with Crippen molar-refractivity contribution in [3.05, 3.63) is 72.7 Å². The predicted octanol–water partition coefficient (Wildman–Crippen LogP) is 2.82. The number of benzene rings is 2. The number of hydrogen-bond donors (Lipinski definition) is 2. The maximum absolute atomic E-state index is 11.7. The molecule has 8 heteroatoms. The smallest absolute Gasteiger partial charge is 0.305 e. The van der Waals surface area contributed by atoms with E-state index in [0.717, 1.165) is 13.2 Å². The lowest BCUT2D eigenvalue weighted by Crippen LogP contribution is -2.44. The third-order valence-electron chi connectivity index (χ3n) is 3.93. The molecule has 0 saturated carbocycles. The number of hydrogen-bond acceptors (Lipinski definition) is 6. The lowest BCUT2D eigenvalue weighted by atomic mass is 10.1. The zero-order chi connectivity index (χ0) is 21.9. The molecule has 8 nitrogen and oxygen atoms in total. The van der Waals surface area contributed by atoms with Crippen LogP contribution in [0.25, 0.3) is 10.8 Å². The summed E-state index contributed by atoms with van der Waals surface area (Å²) in [6, 6.07) is 16.8. The number of aliphatic carboxylic acids is 1. The molecule has 1 unspecified atom stereocenters. The molecule has 0 spiro atoms. The van der Waals surface area contributed by atoms with Crippen molar-refractivity contribution in [1.82, 2.24) is 5.32 Å². The number of ketones is 1. The van der Waals surface area contributed by atoms with Gasteiger partial charge in [0.1, 0.15) is 12.3 Å². The molecule has 1 aromatic heterocycles. The van der Waals surface area contributed by atoms with Crippen LogP contribution in [0.1, 0.15) is 23.7 Å². The van der Waals surface area contributed by atoms with Crippen LogP contribution in [0, 0.1) is 0 Å². The minimum absolute atomic E-state index is 0.153. The van der Waals surface area contributed by atoms with Crippen LogP contribution in [-0.2, 0) is 19.1 Å². The molecule has 3 aromatic rings. The molecule has 2 aromatic carbocycles. The number of ether oxygens (including phenoxy) is 1. The number of carboxylic acids is 1. The number of Topliss-reactive ketones (excluding diaryl/α,β-unsaturated/α-hetero) is 1. The highest BCUT2D eigenvalue weighted by Gasteiger charge is 2.25. The molecule has 1 amide bonds. The third kappa shape index (κ3) is 7.23. The van der Waals surface area contributed by atoms with Gasteiger partial charge in [0.25, 0.3) is 5.91 Å². The Kier molecular flexibility index (Phi) is 8.31. The van der Waals surface area contributed by atoms with E-state index in [0.29, 0.717) is 0 Å². The Morgan fingerprint density at radius 1 is 1.00 bits per heavy atom. The molecular formula is C22H21NO7. The first kappa shape index (κ1) is 22.4. The summed E-state index contributed by atoms with van der Waals surface area (Å²) in [4.78, 5) is 44.7. The summed E-state index contributed by atoms with van der Waals surface area (Å²) in [6.07, 6.45) is 1.81. The van der Waals surface area contributed by atoms with E-state index >= 15 is 0 Å². The van der Waals surface area contributed by atoms with Gasteiger partial charge in [-0.15, -0.1) is 0 Å². The second-order valence-electron chi connectivity index (χ2n) is 6.23. The fourth-order valence-electron chi connectivity index (χ4n) is 2.46. The van der Waals surface area contributed by atoms with E-state index in [2.05, 4.69) is 58.6 Å². The SMILES string of the molecule is CC(=O)OCC(=O)C(CC(=O)O)NC(=O)c1ccoc1.c1ccc2ccccc2c1. The monoisotopic (exact) mass is 411 g/mol. The Morgan fingerprint density at radius 3 is 2.00 bits per heavy atom. The summed E-state index contributed by atoms with van der Waals surface area (Å²) in [5.74, 6) is -3.30. The minimum Gasteiger partial charge on any atom is -0.481 e. The molecule has 0 fully saturated rings. The molecule has 0 aliphatic heterocycles. The fraction of sp³-hybridized carbons (Fsp3) is 0.182. The summed E-state index contributed by atoms with van der Waals surface area (Å²) < 4.78 is 9.19. The number of carboxylic acid groups (broad SMARTS) is 1. The van der Waals surface area contributed by atoms with Crippen LogP contribution in [0.15, 0.2) is 71.5 Å². The molecule has 156 valence electrons. The number of esters is 1. The van der Waals surface area contributed by atoms with Gasteiger partial charge in [0, 0.05) is 6.92 Å². The van der Waals surface area contributed by atoms with Gasteiger partial charge in [0.05, 0.1) is 18.2 Å². The maximum atomic E-state index is 11.7. The van der Waals surface area contributed by atoms with E-state index in [1.165, 1.54) is 23.1 Å². The topological polar surface area (TPSA) is 123 Å². The molecule has 2 N–H and O–H groups in total. The predicted molar refractivity (Wildman–Crippen MR) is 108 cm³/mol. The Hall–Kier alpha value is -3.94. The molecule has 0 radical (unpaired) electrons. The van der Waals surface area contributed by atoms with E-state index in [-0.39, 0.29) is 5.56 Å². The van der Waals surface area contributed by atoms with Crippen LogP contribution in [0.2, 0.25) is 0 Å². The van der Waals surface area contributed by atoms with Crippen molar-refractivity contribution in [2.45, 2.75) is 19.4 Å². The maximum Gasteiger partial charge on any atom is 0.305 e.